The number of benzene rings is 2. The van der Waals surface area contributed by atoms with Gasteiger partial charge in [0.2, 0.25) is 0 Å². The van der Waals surface area contributed by atoms with Gasteiger partial charge in [-0.15, -0.1) is 0 Å². The molecular weight excluding hydrogens is 304 g/mol. The van der Waals surface area contributed by atoms with E-state index in [4.69, 9.17) is 9.47 Å². The predicted molar refractivity (Wildman–Crippen MR) is 94.5 cm³/mol. The van der Waals surface area contributed by atoms with Gasteiger partial charge in [-0.05, 0) is 60.2 Å². The predicted octanol–water partition coefficient (Wildman–Crippen LogP) is 3.62. The molecule has 5 heteroatoms. The first-order valence-corrected chi connectivity index (χ1v) is 7.68. The van der Waals surface area contributed by atoms with Gasteiger partial charge in [-0.3, -0.25) is 4.90 Å². The van der Waals surface area contributed by atoms with Crippen LogP contribution in [-0.4, -0.2) is 38.7 Å². The fourth-order valence-electron chi connectivity index (χ4n) is 2.66. The van der Waals surface area contributed by atoms with Crippen molar-refractivity contribution in [3.05, 3.63) is 60.2 Å². The molecule has 5 nitrogen and oxygen atoms in total. The number of hydrogen-bond donors (Lipinski definition) is 0. The zero-order chi connectivity index (χ0) is 17.1. The SMILES string of the molecule is COc1ccc(C2=CCN(C)C(=O)N2c2ccc(OC)cc2)cc1. The molecule has 1 aliphatic heterocycles. The van der Waals surface area contributed by atoms with Crippen molar-refractivity contribution in [1.82, 2.24) is 4.90 Å². The van der Waals surface area contributed by atoms with E-state index in [2.05, 4.69) is 0 Å². The molecule has 0 saturated carbocycles. The number of rotatable bonds is 4. The second-order valence-corrected chi connectivity index (χ2v) is 5.51. The minimum Gasteiger partial charge on any atom is -0.497 e. The van der Waals surface area contributed by atoms with Crippen LogP contribution in [0.15, 0.2) is 54.6 Å². The molecule has 2 amide bonds. The standard InChI is InChI=1S/C19H20N2O3/c1-20-13-12-18(14-4-8-16(23-2)9-5-14)21(19(20)22)15-6-10-17(24-3)11-7-15/h4-12H,13H2,1-3H3. The van der Waals surface area contributed by atoms with Crippen LogP contribution in [0.25, 0.3) is 5.70 Å². The van der Waals surface area contributed by atoms with Crippen molar-refractivity contribution >= 4 is 17.4 Å². The fourth-order valence-corrected chi connectivity index (χ4v) is 2.66. The first kappa shape index (κ1) is 15.9. The summed E-state index contributed by atoms with van der Waals surface area (Å²) in [6.45, 7) is 0.576. The van der Waals surface area contributed by atoms with Crippen LogP contribution in [0, 0.1) is 0 Å². The van der Waals surface area contributed by atoms with Gasteiger partial charge in [-0.1, -0.05) is 0 Å². The number of carbonyl (C=O) groups excluding carboxylic acids is 1. The first-order chi connectivity index (χ1) is 11.6. The second-order valence-electron chi connectivity index (χ2n) is 5.51. The molecule has 124 valence electrons. The summed E-state index contributed by atoms with van der Waals surface area (Å²) in [6, 6.07) is 15.1. The van der Waals surface area contributed by atoms with Gasteiger partial charge in [-0.25, -0.2) is 4.79 Å². The van der Waals surface area contributed by atoms with Crippen molar-refractivity contribution in [3.63, 3.8) is 0 Å². The van der Waals surface area contributed by atoms with Crippen molar-refractivity contribution < 1.29 is 14.3 Å². The lowest BCUT2D eigenvalue weighted by Gasteiger charge is -2.34. The third-order valence-corrected chi connectivity index (χ3v) is 4.03. The number of methoxy groups -OCH3 is 2. The van der Waals surface area contributed by atoms with Crippen LogP contribution in [-0.2, 0) is 0 Å². The Morgan fingerprint density at radius 1 is 0.875 bits per heavy atom. The van der Waals surface area contributed by atoms with Gasteiger partial charge >= 0.3 is 6.03 Å². The number of likely N-dealkylation sites (N-methyl/N-ethyl adjacent to an activating group) is 1. The third kappa shape index (κ3) is 2.93. The molecule has 0 aliphatic carbocycles. The molecule has 2 aromatic carbocycles. The van der Waals surface area contributed by atoms with Crippen molar-refractivity contribution in [2.75, 3.05) is 32.7 Å². The fraction of sp³-hybridized carbons (Fsp3) is 0.211. The topological polar surface area (TPSA) is 42.0 Å². The monoisotopic (exact) mass is 324 g/mol. The maximum absolute atomic E-state index is 12.7. The number of carbonyl (C=O) groups is 1. The van der Waals surface area contributed by atoms with Crippen LogP contribution >= 0.6 is 0 Å². The minimum absolute atomic E-state index is 0.0616. The molecule has 0 aromatic heterocycles. The Bertz CT molecular complexity index is 751. The summed E-state index contributed by atoms with van der Waals surface area (Å²) >= 11 is 0. The molecule has 0 bridgehead atoms. The zero-order valence-corrected chi connectivity index (χ0v) is 14.0. The molecular formula is C19H20N2O3. The minimum atomic E-state index is -0.0616. The normalized spacial score (nSPS) is 14.5. The molecule has 0 N–H and O–H groups in total. The number of anilines is 1. The molecule has 0 spiro atoms. The summed E-state index contributed by atoms with van der Waals surface area (Å²) in [4.78, 5) is 16.1. The van der Waals surface area contributed by atoms with Crippen LogP contribution in [0.3, 0.4) is 0 Å². The van der Waals surface area contributed by atoms with E-state index in [1.54, 1.807) is 31.1 Å². The van der Waals surface area contributed by atoms with E-state index in [9.17, 15) is 4.79 Å². The van der Waals surface area contributed by atoms with Gasteiger partial charge in [0, 0.05) is 13.6 Å². The molecule has 0 atom stereocenters. The lowest BCUT2D eigenvalue weighted by molar-refractivity contribution is 0.221. The Hall–Kier alpha value is -2.95. The highest BCUT2D eigenvalue weighted by molar-refractivity contribution is 6.06. The largest absolute Gasteiger partial charge is 0.497 e. The summed E-state index contributed by atoms with van der Waals surface area (Å²) in [5.41, 5.74) is 2.63. The molecule has 1 aliphatic rings. The van der Waals surface area contributed by atoms with Crippen LogP contribution < -0.4 is 14.4 Å². The Balaban J connectivity index is 2.01. The summed E-state index contributed by atoms with van der Waals surface area (Å²) in [5.74, 6) is 1.54. The van der Waals surface area contributed by atoms with E-state index >= 15 is 0 Å². The molecule has 24 heavy (non-hydrogen) atoms. The number of ether oxygens (including phenoxy) is 2. The molecule has 1 heterocycles. The van der Waals surface area contributed by atoms with E-state index in [0.29, 0.717) is 6.54 Å². The van der Waals surface area contributed by atoms with Gasteiger partial charge < -0.3 is 14.4 Å². The average molecular weight is 324 g/mol. The molecule has 0 radical (unpaired) electrons. The van der Waals surface area contributed by atoms with Gasteiger partial charge in [-0.2, -0.15) is 0 Å². The van der Waals surface area contributed by atoms with Gasteiger partial charge in [0.25, 0.3) is 0 Å². The Labute approximate surface area is 141 Å². The second kappa shape index (κ2) is 6.66. The van der Waals surface area contributed by atoms with Crippen LogP contribution in [0.1, 0.15) is 5.56 Å². The quantitative estimate of drug-likeness (QED) is 0.862. The number of urea groups is 1. The highest BCUT2D eigenvalue weighted by atomic mass is 16.5. The van der Waals surface area contributed by atoms with E-state index in [-0.39, 0.29) is 6.03 Å². The molecule has 3 rings (SSSR count). The average Bonchev–Trinajstić information content (AvgIpc) is 2.64. The summed E-state index contributed by atoms with van der Waals surface area (Å²) in [6.07, 6.45) is 2.05. The van der Waals surface area contributed by atoms with Crippen molar-refractivity contribution in [2.24, 2.45) is 0 Å². The van der Waals surface area contributed by atoms with Crippen LogP contribution in [0.5, 0.6) is 11.5 Å². The molecule has 2 aromatic rings. The number of amides is 2. The van der Waals surface area contributed by atoms with Gasteiger partial charge in [0.1, 0.15) is 11.5 Å². The van der Waals surface area contributed by atoms with Crippen LogP contribution in [0.2, 0.25) is 0 Å². The molecule has 0 fully saturated rings. The van der Waals surface area contributed by atoms with Gasteiger partial charge in [0.05, 0.1) is 25.6 Å². The summed E-state index contributed by atoms with van der Waals surface area (Å²) in [7, 11) is 5.05. The molecule has 0 saturated heterocycles. The Kier molecular flexibility index (Phi) is 4.42. The number of nitrogens with zero attached hydrogens (tertiary/aromatic N) is 2. The van der Waals surface area contributed by atoms with E-state index in [1.165, 1.54) is 0 Å². The summed E-state index contributed by atoms with van der Waals surface area (Å²) < 4.78 is 10.4. The lowest BCUT2D eigenvalue weighted by atomic mass is 10.1. The maximum atomic E-state index is 12.7. The van der Waals surface area contributed by atoms with Gasteiger partial charge in [0.15, 0.2) is 0 Å². The zero-order valence-electron chi connectivity index (χ0n) is 14.0. The smallest absolute Gasteiger partial charge is 0.329 e. The van der Waals surface area contributed by atoms with E-state index in [1.807, 2.05) is 54.6 Å². The third-order valence-electron chi connectivity index (χ3n) is 4.03. The maximum Gasteiger partial charge on any atom is 0.329 e. The van der Waals surface area contributed by atoms with Crippen molar-refractivity contribution in [1.29, 1.82) is 0 Å². The summed E-state index contributed by atoms with van der Waals surface area (Å²) in [5, 5.41) is 0. The van der Waals surface area contributed by atoms with E-state index < -0.39 is 0 Å². The first-order valence-electron chi connectivity index (χ1n) is 7.68. The van der Waals surface area contributed by atoms with Crippen molar-refractivity contribution in [2.45, 2.75) is 0 Å². The highest BCUT2D eigenvalue weighted by Gasteiger charge is 2.28. The molecule has 0 unspecified atom stereocenters. The number of hydrogen-bond acceptors (Lipinski definition) is 3. The Morgan fingerprint density at radius 3 is 1.96 bits per heavy atom. The van der Waals surface area contributed by atoms with Crippen molar-refractivity contribution in [3.8, 4) is 11.5 Å². The highest BCUT2D eigenvalue weighted by Crippen LogP contribution is 2.32. The Morgan fingerprint density at radius 2 is 1.42 bits per heavy atom. The van der Waals surface area contributed by atoms with Crippen LogP contribution in [0.4, 0.5) is 10.5 Å². The lowest BCUT2D eigenvalue weighted by Crippen LogP contribution is -2.44. The van der Waals surface area contributed by atoms with E-state index in [0.717, 1.165) is 28.4 Å².